The standard InChI is InChI=1S/C20H22N2O4S2/c1-14-13-22(17-6-3-4-7-19(17)26-14)28(24,25)16-8-9-20-18(12-16)21(15(2)23)10-5-11-27-20/h3-4,6-9,12,14H,5,10-11,13H2,1-2H3/t14-/m1/s1. The van der Waals surface area contributed by atoms with Crippen LogP contribution in [0.1, 0.15) is 20.3 Å². The van der Waals surface area contributed by atoms with Crippen molar-refractivity contribution in [2.24, 2.45) is 0 Å². The predicted octanol–water partition coefficient (Wildman–Crippen LogP) is 3.51. The first kappa shape index (κ1) is 19.1. The summed E-state index contributed by atoms with van der Waals surface area (Å²) in [7, 11) is -3.80. The molecule has 2 aromatic rings. The molecule has 0 saturated carbocycles. The second kappa shape index (κ2) is 7.33. The van der Waals surface area contributed by atoms with Gasteiger partial charge in [0.2, 0.25) is 5.91 Å². The molecule has 6 nitrogen and oxygen atoms in total. The van der Waals surface area contributed by atoms with Gasteiger partial charge in [0.05, 0.1) is 22.8 Å². The third-order valence-corrected chi connectivity index (χ3v) is 7.78. The Morgan fingerprint density at radius 3 is 2.75 bits per heavy atom. The van der Waals surface area contributed by atoms with E-state index in [1.165, 1.54) is 11.2 Å². The van der Waals surface area contributed by atoms with Crippen LogP contribution in [0, 0.1) is 0 Å². The first-order valence-electron chi connectivity index (χ1n) is 9.21. The lowest BCUT2D eigenvalue weighted by Gasteiger charge is -2.34. The Bertz CT molecular complexity index is 1020. The van der Waals surface area contributed by atoms with E-state index in [9.17, 15) is 13.2 Å². The van der Waals surface area contributed by atoms with Crippen molar-refractivity contribution in [3.05, 3.63) is 42.5 Å². The van der Waals surface area contributed by atoms with Crippen molar-refractivity contribution in [1.82, 2.24) is 0 Å². The Hall–Kier alpha value is -2.19. The molecule has 1 atom stereocenters. The van der Waals surface area contributed by atoms with Crippen molar-refractivity contribution >= 4 is 39.1 Å². The van der Waals surface area contributed by atoms with Crippen LogP contribution >= 0.6 is 11.8 Å². The number of nitrogens with zero attached hydrogens (tertiary/aromatic N) is 2. The fraction of sp³-hybridized carbons (Fsp3) is 0.350. The number of hydrogen-bond acceptors (Lipinski definition) is 5. The van der Waals surface area contributed by atoms with Crippen molar-refractivity contribution in [3.63, 3.8) is 0 Å². The zero-order chi connectivity index (χ0) is 19.9. The zero-order valence-electron chi connectivity index (χ0n) is 15.8. The van der Waals surface area contributed by atoms with E-state index in [0.717, 1.165) is 17.1 Å². The number of carbonyl (C=O) groups excluding carboxylic acids is 1. The molecule has 2 aliphatic heterocycles. The lowest BCUT2D eigenvalue weighted by molar-refractivity contribution is -0.116. The number of amides is 1. The van der Waals surface area contributed by atoms with Gasteiger partial charge in [-0.25, -0.2) is 8.42 Å². The first-order valence-corrected chi connectivity index (χ1v) is 11.6. The number of sulfonamides is 1. The normalized spacial score (nSPS) is 19.3. The molecular formula is C20H22N2O4S2. The lowest BCUT2D eigenvalue weighted by Crippen LogP contribution is -2.42. The van der Waals surface area contributed by atoms with E-state index < -0.39 is 10.0 Å². The highest BCUT2D eigenvalue weighted by atomic mass is 32.2. The van der Waals surface area contributed by atoms with Crippen LogP contribution in [0.4, 0.5) is 11.4 Å². The zero-order valence-corrected chi connectivity index (χ0v) is 17.4. The van der Waals surface area contributed by atoms with Gasteiger partial charge >= 0.3 is 0 Å². The number of carbonyl (C=O) groups is 1. The monoisotopic (exact) mass is 418 g/mol. The molecule has 0 aromatic heterocycles. The smallest absolute Gasteiger partial charge is 0.264 e. The van der Waals surface area contributed by atoms with Gasteiger partial charge in [0.1, 0.15) is 11.9 Å². The van der Waals surface area contributed by atoms with Crippen LogP contribution in [0.3, 0.4) is 0 Å². The van der Waals surface area contributed by atoms with Gasteiger partial charge in [0.15, 0.2) is 0 Å². The molecule has 2 heterocycles. The van der Waals surface area contributed by atoms with Crippen LogP contribution in [-0.2, 0) is 14.8 Å². The number of hydrogen-bond donors (Lipinski definition) is 0. The number of rotatable bonds is 2. The topological polar surface area (TPSA) is 66.9 Å². The molecule has 2 aromatic carbocycles. The molecule has 0 radical (unpaired) electrons. The maximum atomic E-state index is 13.5. The minimum Gasteiger partial charge on any atom is -0.487 e. The van der Waals surface area contributed by atoms with Crippen molar-refractivity contribution in [2.75, 3.05) is 28.0 Å². The van der Waals surface area contributed by atoms with Gasteiger partial charge in [-0.15, -0.1) is 11.8 Å². The summed E-state index contributed by atoms with van der Waals surface area (Å²) in [6.45, 7) is 4.20. The molecule has 2 aliphatic rings. The fourth-order valence-corrected chi connectivity index (χ4v) is 6.09. The van der Waals surface area contributed by atoms with Crippen molar-refractivity contribution in [1.29, 1.82) is 0 Å². The van der Waals surface area contributed by atoms with E-state index in [1.807, 2.05) is 19.1 Å². The molecule has 28 heavy (non-hydrogen) atoms. The predicted molar refractivity (Wildman–Crippen MR) is 111 cm³/mol. The molecule has 148 valence electrons. The third kappa shape index (κ3) is 3.35. The molecule has 0 spiro atoms. The summed E-state index contributed by atoms with van der Waals surface area (Å²) in [6.07, 6.45) is 0.616. The van der Waals surface area contributed by atoms with Crippen molar-refractivity contribution in [2.45, 2.75) is 36.2 Å². The third-order valence-electron chi connectivity index (χ3n) is 4.86. The summed E-state index contributed by atoms with van der Waals surface area (Å²) in [5.74, 6) is 1.38. The molecule has 1 amide bonds. The van der Waals surface area contributed by atoms with Gasteiger partial charge in [0.25, 0.3) is 10.0 Å². The molecular weight excluding hydrogens is 396 g/mol. The second-order valence-corrected chi connectivity index (χ2v) is 9.93. The molecule has 0 aliphatic carbocycles. The van der Waals surface area contributed by atoms with E-state index in [1.54, 1.807) is 47.0 Å². The number of benzene rings is 2. The first-order chi connectivity index (χ1) is 13.4. The average molecular weight is 419 g/mol. The van der Waals surface area contributed by atoms with E-state index in [-0.39, 0.29) is 23.5 Å². The summed E-state index contributed by atoms with van der Waals surface area (Å²) in [5.41, 5.74) is 1.21. The Morgan fingerprint density at radius 1 is 1.18 bits per heavy atom. The number of fused-ring (bicyclic) bond motifs is 2. The highest BCUT2D eigenvalue weighted by molar-refractivity contribution is 7.99. The minimum absolute atomic E-state index is 0.0800. The minimum atomic E-state index is -3.80. The Kier molecular flexibility index (Phi) is 5.01. The summed E-state index contributed by atoms with van der Waals surface area (Å²) in [6, 6.07) is 12.2. The molecule has 0 N–H and O–H groups in total. The summed E-state index contributed by atoms with van der Waals surface area (Å²) in [5, 5.41) is 0. The quantitative estimate of drug-likeness (QED) is 0.747. The molecule has 0 fully saturated rings. The fourth-order valence-electron chi connectivity index (χ4n) is 3.55. The van der Waals surface area contributed by atoms with Gasteiger partial charge in [-0.1, -0.05) is 12.1 Å². The number of anilines is 2. The Morgan fingerprint density at radius 2 is 1.96 bits per heavy atom. The molecule has 8 heteroatoms. The van der Waals surface area contributed by atoms with Crippen LogP contribution in [0.5, 0.6) is 5.75 Å². The van der Waals surface area contributed by atoms with E-state index in [4.69, 9.17) is 4.74 Å². The van der Waals surface area contributed by atoms with E-state index in [2.05, 4.69) is 0 Å². The van der Waals surface area contributed by atoms with Gasteiger partial charge in [-0.2, -0.15) is 0 Å². The van der Waals surface area contributed by atoms with Crippen molar-refractivity contribution < 1.29 is 17.9 Å². The summed E-state index contributed by atoms with van der Waals surface area (Å²) < 4.78 is 34.2. The molecule has 4 rings (SSSR count). The van der Waals surface area contributed by atoms with E-state index in [0.29, 0.717) is 23.7 Å². The number of ether oxygens (including phenoxy) is 1. The second-order valence-electron chi connectivity index (χ2n) is 6.93. The lowest BCUT2D eigenvalue weighted by atomic mass is 10.2. The summed E-state index contributed by atoms with van der Waals surface area (Å²) >= 11 is 1.65. The van der Waals surface area contributed by atoms with Gasteiger partial charge in [-0.05, 0) is 49.4 Å². The maximum Gasteiger partial charge on any atom is 0.264 e. The number of thioether (sulfide) groups is 1. The van der Waals surface area contributed by atoms with Gasteiger partial charge in [0, 0.05) is 18.4 Å². The van der Waals surface area contributed by atoms with E-state index >= 15 is 0 Å². The maximum absolute atomic E-state index is 13.5. The van der Waals surface area contributed by atoms with Gasteiger partial charge < -0.3 is 9.64 Å². The summed E-state index contributed by atoms with van der Waals surface area (Å²) in [4.78, 5) is 14.9. The molecule has 0 unspecified atom stereocenters. The SMILES string of the molecule is CC(=O)N1CCCSc2ccc(S(=O)(=O)N3C[C@@H](C)Oc4ccccc43)cc21. The largest absolute Gasteiger partial charge is 0.487 e. The Balaban J connectivity index is 1.80. The highest BCUT2D eigenvalue weighted by Crippen LogP contribution is 2.39. The molecule has 0 bridgehead atoms. The average Bonchev–Trinajstić information content (AvgIpc) is 2.89. The van der Waals surface area contributed by atoms with Crippen LogP contribution in [0.2, 0.25) is 0 Å². The van der Waals surface area contributed by atoms with Crippen molar-refractivity contribution in [3.8, 4) is 5.75 Å². The molecule has 0 saturated heterocycles. The van der Waals surface area contributed by atoms with Crippen LogP contribution in [0.25, 0.3) is 0 Å². The van der Waals surface area contributed by atoms with Crippen LogP contribution < -0.4 is 13.9 Å². The Labute approximate surface area is 169 Å². The van der Waals surface area contributed by atoms with Crippen LogP contribution in [-0.4, -0.2) is 39.3 Å². The highest BCUT2D eigenvalue weighted by Gasteiger charge is 2.33. The van der Waals surface area contributed by atoms with Gasteiger partial charge in [-0.3, -0.25) is 9.10 Å². The van der Waals surface area contributed by atoms with Crippen LogP contribution in [0.15, 0.2) is 52.3 Å². The number of para-hydroxylation sites is 2.